The quantitative estimate of drug-likeness (QED) is 0.636. The van der Waals surface area contributed by atoms with Crippen LogP contribution in [-0.4, -0.2) is 28.2 Å². The highest BCUT2D eigenvalue weighted by atomic mass is 32.2. The van der Waals surface area contributed by atoms with Gasteiger partial charge >= 0.3 is 0 Å². The minimum Gasteiger partial charge on any atom is -0.296 e. The van der Waals surface area contributed by atoms with Gasteiger partial charge in [-0.1, -0.05) is 19.4 Å². The van der Waals surface area contributed by atoms with E-state index in [-0.39, 0.29) is 10.5 Å². The number of nitrogens with one attached hydrogen (secondary N) is 1. The van der Waals surface area contributed by atoms with Gasteiger partial charge in [-0.2, -0.15) is 0 Å². The highest BCUT2D eigenvalue weighted by Gasteiger charge is 2.17. The van der Waals surface area contributed by atoms with Crippen LogP contribution in [0.5, 0.6) is 0 Å². The minimum absolute atomic E-state index is 0.00473. The molecule has 0 unspecified atom stereocenters. The molecule has 8 nitrogen and oxygen atoms in total. The first-order valence-electron chi connectivity index (χ1n) is 8.61. The van der Waals surface area contributed by atoms with E-state index < -0.39 is 10.0 Å². The van der Waals surface area contributed by atoms with E-state index in [1.807, 2.05) is 19.1 Å². The maximum atomic E-state index is 12.7. The standard InChI is InChI=1S/C18H21N5O3S/c1-2-3-6-15-16(27(19,25)26)7-8-17(22-15)23-18(24)14(12-21-23)10-13-5-4-9-20-11-13/h4-5,7-9,11-12,21H,2-3,6,10H2,1H3,(H2,19,25,26). The first-order chi connectivity index (χ1) is 12.9. The smallest absolute Gasteiger partial charge is 0.276 e. The molecule has 0 spiro atoms. The molecule has 3 heterocycles. The molecule has 0 fully saturated rings. The van der Waals surface area contributed by atoms with Gasteiger partial charge in [0.25, 0.3) is 5.56 Å². The van der Waals surface area contributed by atoms with Gasteiger partial charge in [0, 0.05) is 30.6 Å². The van der Waals surface area contributed by atoms with Crippen molar-refractivity contribution in [2.75, 3.05) is 0 Å². The Kier molecular flexibility index (Phi) is 5.52. The number of primary sulfonamides is 1. The van der Waals surface area contributed by atoms with Gasteiger partial charge in [0.05, 0.1) is 5.69 Å². The number of rotatable bonds is 7. The third-order valence-corrected chi connectivity index (χ3v) is 5.17. The van der Waals surface area contributed by atoms with Crippen LogP contribution in [0.1, 0.15) is 36.6 Å². The number of H-pyrrole nitrogens is 1. The van der Waals surface area contributed by atoms with E-state index in [4.69, 9.17) is 5.14 Å². The molecule has 9 heteroatoms. The Morgan fingerprint density at radius 1 is 1.26 bits per heavy atom. The Labute approximate surface area is 157 Å². The summed E-state index contributed by atoms with van der Waals surface area (Å²) in [7, 11) is -3.88. The Morgan fingerprint density at radius 3 is 2.74 bits per heavy atom. The van der Waals surface area contributed by atoms with Gasteiger partial charge in [-0.25, -0.2) is 23.2 Å². The highest BCUT2D eigenvalue weighted by Crippen LogP contribution is 2.17. The predicted octanol–water partition coefficient (Wildman–Crippen LogP) is 1.54. The molecule has 0 saturated carbocycles. The monoisotopic (exact) mass is 387 g/mol. The Bertz CT molecular complexity index is 1090. The molecule has 3 aromatic rings. The summed E-state index contributed by atoms with van der Waals surface area (Å²) in [5, 5.41) is 8.18. The van der Waals surface area contributed by atoms with Crippen molar-refractivity contribution in [2.24, 2.45) is 5.14 Å². The first kappa shape index (κ1) is 19.0. The molecule has 0 bridgehead atoms. The molecule has 3 N–H and O–H groups in total. The van der Waals surface area contributed by atoms with E-state index in [2.05, 4.69) is 15.1 Å². The van der Waals surface area contributed by atoms with Crippen molar-refractivity contribution in [1.82, 2.24) is 19.7 Å². The van der Waals surface area contributed by atoms with E-state index >= 15 is 0 Å². The average molecular weight is 387 g/mol. The molecule has 0 amide bonds. The fraction of sp³-hybridized carbons (Fsp3) is 0.278. The van der Waals surface area contributed by atoms with Crippen molar-refractivity contribution in [3.8, 4) is 5.82 Å². The van der Waals surface area contributed by atoms with Crippen LogP contribution in [0.4, 0.5) is 0 Å². The lowest BCUT2D eigenvalue weighted by Gasteiger charge is -2.09. The molecule has 0 radical (unpaired) electrons. The summed E-state index contributed by atoms with van der Waals surface area (Å²) in [5.74, 6) is 0.330. The van der Waals surface area contributed by atoms with Crippen LogP contribution in [0.15, 0.2) is 52.5 Å². The summed E-state index contributed by atoms with van der Waals surface area (Å²) >= 11 is 0. The summed E-state index contributed by atoms with van der Waals surface area (Å²) in [6.07, 6.45) is 7.56. The van der Waals surface area contributed by atoms with Crippen LogP contribution in [0.25, 0.3) is 5.82 Å². The molecule has 3 rings (SSSR count). The normalized spacial score (nSPS) is 11.6. The van der Waals surface area contributed by atoms with Crippen LogP contribution < -0.4 is 10.7 Å². The van der Waals surface area contributed by atoms with Crippen LogP contribution in [0.3, 0.4) is 0 Å². The summed E-state index contributed by atoms with van der Waals surface area (Å²) in [4.78, 5) is 21.1. The molecule has 0 atom stereocenters. The van der Waals surface area contributed by atoms with Crippen LogP contribution in [0.2, 0.25) is 0 Å². The third kappa shape index (κ3) is 4.32. The minimum atomic E-state index is -3.88. The molecular formula is C18H21N5O3S. The molecule has 0 saturated heterocycles. The fourth-order valence-electron chi connectivity index (χ4n) is 2.81. The molecule has 27 heavy (non-hydrogen) atoms. The lowest BCUT2D eigenvalue weighted by atomic mass is 10.1. The van der Waals surface area contributed by atoms with E-state index in [1.54, 1.807) is 18.6 Å². The summed E-state index contributed by atoms with van der Waals surface area (Å²) in [6, 6.07) is 6.58. The molecule has 0 aromatic carbocycles. The number of unbranched alkanes of at least 4 members (excludes halogenated alkanes) is 1. The lowest BCUT2D eigenvalue weighted by molar-refractivity contribution is 0.594. The van der Waals surface area contributed by atoms with Gasteiger partial charge < -0.3 is 0 Å². The van der Waals surface area contributed by atoms with Crippen molar-refractivity contribution in [3.05, 3.63) is 70.0 Å². The molecule has 0 aliphatic carbocycles. The largest absolute Gasteiger partial charge is 0.296 e. The zero-order valence-corrected chi connectivity index (χ0v) is 15.7. The van der Waals surface area contributed by atoms with E-state index in [0.29, 0.717) is 29.9 Å². The number of aryl methyl sites for hydroxylation is 1. The second kappa shape index (κ2) is 7.85. The zero-order chi connectivity index (χ0) is 19.4. The number of nitrogens with two attached hydrogens (primary N) is 1. The zero-order valence-electron chi connectivity index (χ0n) is 14.9. The number of aromatic amines is 1. The Balaban J connectivity index is 1.98. The first-order valence-corrected chi connectivity index (χ1v) is 10.2. The third-order valence-electron chi connectivity index (χ3n) is 4.18. The number of hydrogen-bond donors (Lipinski definition) is 2. The van der Waals surface area contributed by atoms with Crippen LogP contribution >= 0.6 is 0 Å². The second-order valence-corrected chi connectivity index (χ2v) is 7.77. The Morgan fingerprint density at radius 2 is 2.07 bits per heavy atom. The number of sulfonamides is 1. The number of hydrogen-bond acceptors (Lipinski definition) is 5. The predicted molar refractivity (Wildman–Crippen MR) is 101 cm³/mol. The van der Waals surface area contributed by atoms with Gasteiger partial charge in [-0.05, 0) is 36.6 Å². The van der Waals surface area contributed by atoms with Gasteiger partial charge in [-0.15, -0.1) is 0 Å². The van der Waals surface area contributed by atoms with Crippen molar-refractivity contribution < 1.29 is 8.42 Å². The number of nitrogens with zero attached hydrogens (tertiary/aromatic N) is 3. The SMILES string of the molecule is CCCCc1nc(-n2[nH]cc(Cc3cccnc3)c2=O)ccc1S(N)(=O)=O. The van der Waals surface area contributed by atoms with Gasteiger partial charge in [0.2, 0.25) is 10.0 Å². The van der Waals surface area contributed by atoms with Crippen molar-refractivity contribution >= 4 is 10.0 Å². The van der Waals surface area contributed by atoms with Crippen LogP contribution in [0, 0.1) is 0 Å². The maximum Gasteiger partial charge on any atom is 0.276 e. The molecular weight excluding hydrogens is 366 g/mol. The van der Waals surface area contributed by atoms with E-state index in [0.717, 1.165) is 18.4 Å². The Hall–Kier alpha value is -2.78. The summed E-state index contributed by atoms with van der Waals surface area (Å²) in [6.45, 7) is 2.00. The van der Waals surface area contributed by atoms with E-state index in [9.17, 15) is 13.2 Å². The number of aromatic nitrogens is 4. The van der Waals surface area contributed by atoms with Crippen LogP contribution in [-0.2, 0) is 22.9 Å². The molecule has 0 aliphatic rings. The summed E-state index contributed by atoms with van der Waals surface area (Å²) in [5.41, 5.74) is 1.61. The molecule has 142 valence electrons. The lowest BCUT2D eigenvalue weighted by Crippen LogP contribution is -2.21. The van der Waals surface area contributed by atoms with Gasteiger partial charge in [0.1, 0.15) is 4.90 Å². The summed E-state index contributed by atoms with van der Waals surface area (Å²) < 4.78 is 24.9. The maximum absolute atomic E-state index is 12.7. The topological polar surface area (TPSA) is 124 Å². The highest BCUT2D eigenvalue weighted by molar-refractivity contribution is 7.89. The number of pyridine rings is 2. The van der Waals surface area contributed by atoms with Crippen molar-refractivity contribution in [1.29, 1.82) is 0 Å². The van der Waals surface area contributed by atoms with Crippen molar-refractivity contribution in [3.63, 3.8) is 0 Å². The molecule has 0 aliphatic heterocycles. The van der Waals surface area contributed by atoms with E-state index in [1.165, 1.54) is 16.8 Å². The van der Waals surface area contributed by atoms with Gasteiger partial charge in [0.15, 0.2) is 5.82 Å². The molecule has 3 aromatic heterocycles. The van der Waals surface area contributed by atoms with Crippen molar-refractivity contribution in [2.45, 2.75) is 37.5 Å². The average Bonchev–Trinajstić information content (AvgIpc) is 3.00. The second-order valence-electron chi connectivity index (χ2n) is 6.24. The fourth-order valence-corrected chi connectivity index (χ4v) is 3.54. The van der Waals surface area contributed by atoms with Gasteiger partial charge in [-0.3, -0.25) is 14.9 Å².